The first-order valence-electron chi connectivity index (χ1n) is 8.77. The molecular weight excluding hydrogens is 390 g/mol. The standard InChI is InChI=1S/C20H19ClF2N2O3/c1-28-18-5-2-12(21)10-16(18)19(26)24-14-6-8-25(9-7-14)20(27)15-4-3-13(22)11-17(15)23/h2-5,10-11,14H,6-9H2,1H3,(H,24,26). The van der Waals surface area contributed by atoms with Crippen LogP contribution in [0.5, 0.6) is 5.75 Å². The lowest BCUT2D eigenvalue weighted by Gasteiger charge is -2.32. The summed E-state index contributed by atoms with van der Waals surface area (Å²) in [6, 6.07) is 7.54. The van der Waals surface area contributed by atoms with Crippen molar-refractivity contribution in [3.8, 4) is 5.75 Å². The second-order valence-electron chi connectivity index (χ2n) is 6.51. The van der Waals surface area contributed by atoms with Crippen molar-refractivity contribution in [1.29, 1.82) is 0 Å². The average molecular weight is 409 g/mol. The summed E-state index contributed by atoms with van der Waals surface area (Å²) < 4.78 is 32.0. The second kappa shape index (κ2) is 8.56. The lowest BCUT2D eigenvalue weighted by atomic mass is 10.0. The summed E-state index contributed by atoms with van der Waals surface area (Å²) in [5.74, 6) is -1.99. The molecule has 1 aliphatic heterocycles. The summed E-state index contributed by atoms with van der Waals surface area (Å²) in [6.07, 6.45) is 1.03. The third kappa shape index (κ3) is 4.42. The van der Waals surface area contributed by atoms with Gasteiger partial charge in [-0.3, -0.25) is 9.59 Å². The highest BCUT2D eigenvalue weighted by Gasteiger charge is 2.27. The van der Waals surface area contributed by atoms with Gasteiger partial charge in [-0.25, -0.2) is 8.78 Å². The lowest BCUT2D eigenvalue weighted by Crippen LogP contribution is -2.46. The fraction of sp³-hybridized carbons (Fsp3) is 0.300. The predicted octanol–water partition coefficient (Wildman–Crippen LogP) is 3.66. The molecule has 1 heterocycles. The minimum atomic E-state index is -0.881. The first kappa shape index (κ1) is 20.1. The Morgan fingerprint density at radius 3 is 2.46 bits per heavy atom. The number of amides is 2. The molecule has 2 amide bonds. The van der Waals surface area contributed by atoms with Crippen LogP contribution >= 0.6 is 11.6 Å². The predicted molar refractivity (Wildman–Crippen MR) is 101 cm³/mol. The lowest BCUT2D eigenvalue weighted by molar-refractivity contribution is 0.0693. The van der Waals surface area contributed by atoms with E-state index >= 15 is 0 Å². The molecule has 1 fully saturated rings. The minimum Gasteiger partial charge on any atom is -0.496 e. The van der Waals surface area contributed by atoms with E-state index in [-0.39, 0.29) is 17.5 Å². The fourth-order valence-electron chi connectivity index (χ4n) is 3.18. The molecule has 0 atom stereocenters. The van der Waals surface area contributed by atoms with Crippen LogP contribution in [0.4, 0.5) is 8.78 Å². The molecule has 0 aromatic heterocycles. The van der Waals surface area contributed by atoms with Crippen molar-refractivity contribution < 1.29 is 23.1 Å². The average Bonchev–Trinajstić information content (AvgIpc) is 2.68. The number of ether oxygens (including phenoxy) is 1. The van der Waals surface area contributed by atoms with E-state index in [1.165, 1.54) is 18.1 Å². The monoisotopic (exact) mass is 408 g/mol. The van der Waals surface area contributed by atoms with Gasteiger partial charge in [0.05, 0.1) is 18.2 Å². The van der Waals surface area contributed by atoms with Crippen molar-refractivity contribution in [2.75, 3.05) is 20.2 Å². The van der Waals surface area contributed by atoms with E-state index in [9.17, 15) is 18.4 Å². The molecule has 0 radical (unpaired) electrons. The zero-order valence-electron chi connectivity index (χ0n) is 15.2. The maximum Gasteiger partial charge on any atom is 0.256 e. The van der Waals surface area contributed by atoms with Gasteiger partial charge in [-0.15, -0.1) is 0 Å². The molecule has 0 spiro atoms. The van der Waals surface area contributed by atoms with Crippen LogP contribution in [0.25, 0.3) is 0 Å². The zero-order valence-corrected chi connectivity index (χ0v) is 15.9. The smallest absolute Gasteiger partial charge is 0.256 e. The van der Waals surface area contributed by atoms with Gasteiger partial charge in [-0.2, -0.15) is 0 Å². The van der Waals surface area contributed by atoms with Crippen LogP contribution in [-0.2, 0) is 0 Å². The summed E-state index contributed by atoms with van der Waals surface area (Å²) in [4.78, 5) is 26.5. The van der Waals surface area contributed by atoms with Crippen molar-refractivity contribution in [2.24, 2.45) is 0 Å². The Morgan fingerprint density at radius 1 is 1.11 bits per heavy atom. The third-order valence-electron chi connectivity index (χ3n) is 4.69. The van der Waals surface area contributed by atoms with Gasteiger partial charge in [0.25, 0.3) is 11.8 Å². The Labute approximate surface area is 166 Å². The number of benzene rings is 2. The Bertz CT molecular complexity index is 899. The second-order valence-corrected chi connectivity index (χ2v) is 6.95. The highest BCUT2D eigenvalue weighted by Crippen LogP contribution is 2.23. The number of piperidine rings is 1. The summed E-state index contributed by atoms with van der Waals surface area (Å²) in [5, 5.41) is 3.34. The molecule has 0 unspecified atom stereocenters. The van der Waals surface area contributed by atoms with Crippen LogP contribution in [0.3, 0.4) is 0 Å². The number of nitrogens with zero attached hydrogens (tertiary/aromatic N) is 1. The quantitative estimate of drug-likeness (QED) is 0.840. The molecule has 3 rings (SSSR count). The molecule has 28 heavy (non-hydrogen) atoms. The van der Waals surface area contributed by atoms with E-state index in [1.54, 1.807) is 12.1 Å². The van der Waals surface area contributed by atoms with Crippen molar-refractivity contribution >= 4 is 23.4 Å². The molecule has 0 saturated carbocycles. The van der Waals surface area contributed by atoms with Gasteiger partial charge < -0.3 is 15.0 Å². The molecule has 0 aliphatic carbocycles. The maximum absolute atomic E-state index is 13.8. The number of rotatable bonds is 4. The Balaban J connectivity index is 1.60. The number of carbonyl (C=O) groups is 2. The van der Waals surface area contributed by atoms with Gasteiger partial charge in [0, 0.05) is 30.2 Å². The molecular formula is C20H19ClF2N2O3. The van der Waals surface area contributed by atoms with Crippen molar-refractivity contribution in [3.05, 3.63) is 64.2 Å². The molecule has 1 N–H and O–H groups in total. The summed E-state index contributed by atoms with van der Waals surface area (Å²) in [7, 11) is 1.47. The zero-order chi connectivity index (χ0) is 20.3. The normalized spacial score (nSPS) is 14.6. The molecule has 2 aromatic carbocycles. The van der Waals surface area contributed by atoms with E-state index < -0.39 is 17.5 Å². The number of hydrogen-bond donors (Lipinski definition) is 1. The van der Waals surface area contributed by atoms with Gasteiger partial charge in [0.2, 0.25) is 0 Å². The molecule has 148 valence electrons. The van der Waals surface area contributed by atoms with E-state index in [4.69, 9.17) is 16.3 Å². The van der Waals surface area contributed by atoms with Crippen LogP contribution in [0.15, 0.2) is 36.4 Å². The molecule has 1 saturated heterocycles. The number of likely N-dealkylation sites (tertiary alicyclic amines) is 1. The molecule has 1 aliphatic rings. The highest BCUT2D eigenvalue weighted by molar-refractivity contribution is 6.31. The third-order valence-corrected chi connectivity index (χ3v) is 4.92. The largest absolute Gasteiger partial charge is 0.496 e. The highest BCUT2D eigenvalue weighted by atomic mass is 35.5. The van der Waals surface area contributed by atoms with Crippen LogP contribution in [0, 0.1) is 11.6 Å². The number of carbonyl (C=O) groups excluding carboxylic acids is 2. The Hall–Kier alpha value is -2.67. The van der Waals surface area contributed by atoms with E-state index in [2.05, 4.69) is 5.32 Å². The van der Waals surface area contributed by atoms with E-state index in [0.29, 0.717) is 48.3 Å². The number of halogens is 3. The molecule has 5 nitrogen and oxygen atoms in total. The first-order valence-corrected chi connectivity index (χ1v) is 9.15. The van der Waals surface area contributed by atoms with Crippen LogP contribution < -0.4 is 10.1 Å². The summed E-state index contributed by atoms with van der Waals surface area (Å²) in [6.45, 7) is 0.709. The van der Waals surface area contributed by atoms with Gasteiger partial charge in [-0.05, 0) is 43.2 Å². The first-order chi connectivity index (χ1) is 13.4. The van der Waals surface area contributed by atoms with Gasteiger partial charge in [0.15, 0.2) is 0 Å². The fourth-order valence-corrected chi connectivity index (χ4v) is 3.35. The number of methoxy groups -OCH3 is 1. The van der Waals surface area contributed by atoms with Gasteiger partial charge in [0.1, 0.15) is 17.4 Å². The van der Waals surface area contributed by atoms with Crippen molar-refractivity contribution in [3.63, 3.8) is 0 Å². The van der Waals surface area contributed by atoms with Crippen LogP contribution in [-0.4, -0.2) is 43.0 Å². The molecule has 0 bridgehead atoms. The molecule has 8 heteroatoms. The Kier molecular flexibility index (Phi) is 6.14. The van der Waals surface area contributed by atoms with E-state index in [0.717, 1.165) is 12.1 Å². The van der Waals surface area contributed by atoms with Crippen molar-refractivity contribution in [1.82, 2.24) is 10.2 Å². The van der Waals surface area contributed by atoms with Crippen LogP contribution in [0.1, 0.15) is 33.6 Å². The van der Waals surface area contributed by atoms with Crippen molar-refractivity contribution in [2.45, 2.75) is 18.9 Å². The summed E-state index contributed by atoms with van der Waals surface area (Å²) in [5.41, 5.74) is 0.175. The Morgan fingerprint density at radius 2 is 1.82 bits per heavy atom. The van der Waals surface area contributed by atoms with Gasteiger partial charge >= 0.3 is 0 Å². The summed E-state index contributed by atoms with van der Waals surface area (Å²) >= 11 is 5.96. The number of nitrogens with one attached hydrogen (secondary N) is 1. The maximum atomic E-state index is 13.8. The van der Waals surface area contributed by atoms with E-state index in [1.807, 2.05) is 0 Å². The minimum absolute atomic E-state index is 0.140. The topological polar surface area (TPSA) is 58.6 Å². The van der Waals surface area contributed by atoms with Gasteiger partial charge in [-0.1, -0.05) is 11.6 Å². The van der Waals surface area contributed by atoms with Crippen LogP contribution in [0.2, 0.25) is 5.02 Å². The molecule has 2 aromatic rings. The number of hydrogen-bond acceptors (Lipinski definition) is 3. The SMILES string of the molecule is COc1ccc(Cl)cc1C(=O)NC1CCN(C(=O)c2ccc(F)cc2F)CC1.